The summed E-state index contributed by atoms with van der Waals surface area (Å²) in [4.78, 5) is 15.5. The number of benzene rings is 2. The Hall–Kier alpha value is -2.07. The van der Waals surface area contributed by atoms with Crippen molar-refractivity contribution in [1.29, 1.82) is 0 Å². The molecule has 1 amide bonds. The Morgan fingerprint density at radius 1 is 1.08 bits per heavy atom. The lowest BCUT2D eigenvalue weighted by atomic mass is 9.81. The highest BCUT2D eigenvalue weighted by molar-refractivity contribution is 6.36. The van der Waals surface area contributed by atoms with Crippen LogP contribution in [0.3, 0.4) is 0 Å². The second-order valence-electron chi connectivity index (χ2n) is 7.56. The molecule has 0 spiro atoms. The third-order valence-electron chi connectivity index (χ3n) is 5.84. The molecule has 1 aliphatic rings. The number of likely N-dealkylation sites (N-methyl/N-ethyl adjacent to an activating group) is 1. The molecular weight excluding hydrogens is 319 g/mol. The maximum Gasteiger partial charge on any atom is 0.251 e. The van der Waals surface area contributed by atoms with Crippen LogP contribution in [-0.4, -0.2) is 38.3 Å². The Morgan fingerprint density at radius 2 is 1.73 bits per heavy atom. The van der Waals surface area contributed by atoms with Crippen LogP contribution in [0.25, 0.3) is 0 Å². The van der Waals surface area contributed by atoms with E-state index in [1.54, 1.807) is 6.07 Å². The Balaban J connectivity index is 2.01. The van der Waals surface area contributed by atoms with Gasteiger partial charge < -0.3 is 10.2 Å². The molecule has 3 rings (SSSR count). The van der Waals surface area contributed by atoms with E-state index in [1.807, 2.05) is 37.3 Å². The van der Waals surface area contributed by atoms with Gasteiger partial charge in [-0.2, -0.15) is 0 Å². The van der Waals surface area contributed by atoms with Crippen molar-refractivity contribution < 1.29 is 4.79 Å². The van der Waals surface area contributed by atoms with Crippen molar-refractivity contribution in [2.45, 2.75) is 44.2 Å². The van der Waals surface area contributed by atoms with E-state index in [1.165, 1.54) is 12.8 Å². The standard InChI is InChI=1S/C22H27BN2O/c1-16-10-9-13-18(23)19(16)21(26)24-20(17-11-5-4-6-12-17)22(25(2)3)14-7-8-15-22/h4-6,9-13,20H,7-8,14-15H2,1-3H3,(H,24,26). The summed E-state index contributed by atoms with van der Waals surface area (Å²) in [6, 6.07) is 15.8. The summed E-state index contributed by atoms with van der Waals surface area (Å²) in [5, 5.41) is 3.33. The molecule has 4 heteroatoms. The zero-order valence-corrected chi connectivity index (χ0v) is 16.0. The first-order valence-electron chi connectivity index (χ1n) is 9.34. The fraction of sp³-hybridized carbons (Fsp3) is 0.409. The molecule has 0 bridgehead atoms. The lowest BCUT2D eigenvalue weighted by Crippen LogP contribution is -2.53. The van der Waals surface area contributed by atoms with Gasteiger partial charge >= 0.3 is 0 Å². The average Bonchev–Trinajstić information content (AvgIpc) is 3.11. The minimum atomic E-state index is -0.0948. The largest absolute Gasteiger partial charge is 0.343 e. The highest BCUT2D eigenvalue weighted by atomic mass is 16.1. The molecule has 0 aliphatic heterocycles. The fourth-order valence-electron chi connectivity index (χ4n) is 4.36. The van der Waals surface area contributed by atoms with E-state index in [0.717, 1.165) is 24.0 Å². The van der Waals surface area contributed by atoms with Crippen molar-refractivity contribution >= 4 is 19.2 Å². The number of amides is 1. The normalized spacial score (nSPS) is 17.2. The number of carbonyl (C=O) groups is 1. The molecule has 1 saturated carbocycles. The van der Waals surface area contributed by atoms with Gasteiger partial charge in [0.2, 0.25) is 0 Å². The fourth-order valence-corrected chi connectivity index (χ4v) is 4.36. The maximum absolute atomic E-state index is 13.2. The lowest BCUT2D eigenvalue weighted by Gasteiger charge is -2.44. The van der Waals surface area contributed by atoms with E-state index in [4.69, 9.17) is 7.85 Å². The zero-order valence-electron chi connectivity index (χ0n) is 16.0. The Morgan fingerprint density at radius 3 is 2.31 bits per heavy atom. The Bertz CT molecular complexity index is 747. The van der Waals surface area contributed by atoms with Crippen molar-refractivity contribution in [3.05, 3.63) is 65.2 Å². The predicted molar refractivity (Wildman–Crippen MR) is 108 cm³/mol. The molecule has 2 aromatic carbocycles. The quantitative estimate of drug-likeness (QED) is 0.844. The number of nitrogens with one attached hydrogen (secondary N) is 1. The summed E-state index contributed by atoms with van der Waals surface area (Å²) in [5.74, 6) is -0.0948. The van der Waals surface area contributed by atoms with Gasteiger partial charge in [0, 0.05) is 11.1 Å². The van der Waals surface area contributed by atoms with Crippen LogP contribution in [0.2, 0.25) is 0 Å². The number of hydrogen-bond donors (Lipinski definition) is 1. The average molecular weight is 346 g/mol. The molecule has 134 valence electrons. The Kier molecular flexibility index (Phi) is 5.52. The first kappa shape index (κ1) is 18.7. The monoisotopic (exact) mass is 346 g/mol. The molecule has 1 aliphatic carbocycles. The minimum Gasteiger partial charge on any atom is -0.343 e. The van der Waals surface area contributed by atoms with E-state index >= 15 is 0 Å². The van der Waals surface area contributed by atoms with Crippen LogP contribution in [-0.2, 0) is 0 Å². The van der Waals surface area contributed by atoms with Crippen LogP contribution in [0.5, 0.6) is 0 Å². The number of nitrogens with zero attached hydrogens (tertiary/aromatic N) is 1. The molecule has 1 fully saturated rings. The van der Waals surface area contributed by atoms with Gasteiger partial charge in [0.05, 0.1) is 6.04 Å². The van der Waals surface area contributed by atoms with Crippen molar-refractivity contribution in [3.8, 4) is 0 Å². The summed E-state index contributed by atoms with van der Waals surface area (Å²) < 4.78 is 0. The number of hydrogen-bond acceptors (Lipinski definition) is 2. The van der Waals surface area contributed by atoms with Crippen LogP contribution < -0.4 is 10.8 Å². The summed E-state index contributed by atoms with van der Waals surface area (Å²) in [5.41, 5.74) is 3.08. The molecule has 1 N–H and O–H groups in total. The Labute approximate surface area is 158 Å². The molecule has 1 unspecified atom stereocenters. The second kappa shape index (κ2) is 7.67. The van der Waals surface area contributed by atoms with E-state index in [0.29, 0.717) is 11.0 Å². The summed E-state index contributed by atoms with van der Waals surface area (Å²) >= 11 is 0. The van der Waals surface area contributed by atoms with Gasteiger partial charge in [0.15, 0.2) is 0 Å². The van der Waals surface area contributed by atoms with Gasteiger partial charge in [-0.15, -0.1) is 0 Å². The summed E-state index contributed by atoms with van der Waals surface area (Å²) in [7, 11) is 10.4. The predicted octanol–water partition coefficient (Wildman–Crippen LogP) is 3.13. The molecule has 2 radical (unpaired) electrons. The number of rotatable bonds is 5. The summed E-state index contributed by atoms with van der Waals surface area (Å²) in [6.07, 6.45) is 4.51. The van der Waals surface area contributed by atoms with Gasteiger partial charge in [-0.1, -0.05) is 66.8 Å². The maximum atomic E-state index is 13.2. The first-order valence-corrected chi connectivity index (χ1v) is 9.34. The SMILES string of the molecule is [B]c1cccc(C)c1C(=O)NC(c1ccccc1)C1(N(C)C)CCCC1. The van der Waals surface area contributed by atoms with Crippen LogP contribution in [0.1, 0.15) is 53.2 Å². The third kappa shape index (κ3) is 3.43. The van der Waals surface area contributed by atoms with E-state index < -0.39 is 0 Å². The topological polar surface area (TPSA) is 32.3 Å². The van der Waals surface area contributed by atoms with Crippen molar-refractivity contribution in [2.24, 2.45) is 0 Å². The van der Waals surface area contributed by atoms with Crippen LogP contribution in [0.15, 0.2) is 48.5 Å². The zero-order chi connectivity index (χ0) is 18.7. The highest BCUT2D eigenvalue weighted by Gasteiger charge is 2.44. The molecule has 0 heterocycles. The van der Waals surface area contributed by atoms with Crippen LogP contribution >= 0.6 is 0 Å². The van der Waals surface area contributed by atoms with Gasteiger partial charge in [-0.05, 0) is 45.0 Å². The van der Waals surface area contributed by atoms with E-state index in [-0.39, 0.29) is 17.5 Å². The second-order valence-corrected chi connectivity index (χ2v) is 7.56. The minimum absolute atomic E-state index is 0.0749. The molecule has 0 aromatic heterocycles. The van der Waals surface area contributed by atoms with Gasteiger partial charge in [-0.3, -0.25) is 4.79 Å². The molecule has 26 heavy (non-hydrogen) atoms. The van der Waals surface area contributed by atoms with E-state index in [9.17, 15) is 4.79 Å². The van der Waals surface area contributed by atoms with Gasteiger partial charge in [-0.25, -0.2) is 0 Å². The molecule has 2 aromatic rings. The van der Waals surface area contributed by atoms with Crippen LogP contribution in [0.4, 0.5) is 0 Å². The smallest absolute Gasteiger partial charge is 0.251 e. The molecule has 3 nitrogen and oxygen atoms in total. The van der Waals surface area contributed by atoms with Gasteiger partial charge in [0.25, 0.3) is 5.91 Å². The molecular formula is C22H27BN2O. The van der Waals surface area contributed by atoms with Crippen molar-refractivity contribution in [3.63, 3.8) is 0 Å². The third-order valence-corrected chi connectivity index (χ3v) is 5.84. The van der Waals surface area contributed by atoms with E-state index in [2.05, 4.69) is 36.4 Å². The summed E-state index contributed by atoms with van der Waals surface area (Å²) in [6.45, 7) is 1.93. The number of aryl methyl sites for hydroxylation is 1. The van der Waals surface area contributed by atoms with Gasteiger partial charge in [0.1, 0.15) is 7.85 Å². The highest BCUT2D eigenvalue weighted by Crippen LogP contribution is 2.43. The van der Waals surface area contributed by atoms with Crippen LogP contribution in [0, 0.1) is 6.92 Å². The molecule has 1 atom stereocenters. The number of carbonyl (C=O) groups excluding carboxylic acids is 1. The first-order chi connectivity index (χ1) is 12.5. The van der Waals surface area contributed by atoms with Crippen molar-refractivity contribution in [1.82, 2.24) is 10.2 Å². The molecule has 0 saturated heterocycles. The lowest BCUT2D eigenvalue weighted by molar-refractivity contribution is 0.0767. The van der Waals surface area contributed by atoms with Crippen molar-refractivity contribution in [2.75, 3.05) is 14.1 Å².